The minimum Gasteiger partial charge on any atom is -0.321 e. The molecule has 0 rings (SSSR count). The highest BCUT2D eigenvalue weighted by atomic mass is 35.6. The standard InChI is InChI=1S/C6H11N.ClHO3/c1-3-5-7-6-4-2;2-1(3)4/h3-4,7H,1-2,5-6H2;2H. The highest BCUT2D eigenvalue weighted by Gasteiger charge is 1.79. The fourth-order valence-electron chi connectivity index (χ4n) is 0.287. The molecule has 0 saturated heterocycles. The lowest BCUT2D eigenvalue weighted by atomic mass is 10.5. The van der Waals surface area contributed by atoms with Crippen molar-refractivity contribution in [3.63, 3.8) is 0 Å². The van der Waals surface area contributed by atoms with Crippen molar-refractivity contribution in [1.29, 1.82) is 0 Å². The second-order valence-corrected chi connectivity index (χ2v) is 1.84. The third kappa shape index (κ3) is 42.7. The summed E-state index contributed by atoms with van der Waals surface area (Å²) in [5.74, 6) is 0. The van der Waals surface area contributed by atoms with E-state index in [0.29, 0.717) is 0 Å². The fourth-order valence-corrected chi connectivity index (χ4v) is 0.287. The molecule has 5 heteroatoms. The second kappa shape index (κ2) is 12.3. The normalized spacial score (nSPS) is 8.36. The van der Waals surface area contributed by atoms with Crippen LogP contribution in [0.3, 0.4) is 0 Å². The Morgan fingerprint density at radius 2 is 1.55 bits per heavy atom. The summed E-state index contributed by atoms with van der Waals surface area (Å²) in [6.45, 7) is 8.81. The molecule has 0 aliphatic carbocycles. The van der Waals surface area contributed by atoms with Crippen molar-refractivity contribution in [1.82, 2.24) is 5.32 Å². The molecule has 0 atom stereocenters. The largest absolute Gasteiger partial charge is 0.321 e. The third-order valence-corrected chi connectivity index (χ3v) is 0.577. The van der Waals surface area contributed by atoms with Gasteiger partial charge in [0.2, 0.25) is 0 Å². The van der Waals surface area contributed by atoms with Gasteiger partial charge in [0.1, 0.15) is 0 Å². The Labute approximate surface area is 69.3 Å². The summed E-state index contributed by atoms with van der Waals surface area (Å²) in [5.41, 5.74) is 0. The molecule has 0 aromatic heterocycles. The Hall–Kier alpha value is -0.390. The van der Waals surface area contributed by atoms with Crippen LogP contribution in [0.15, 0.2) is 25.3 Å². The van der Waals surface area contributed by atoms with Gasteiger partial charge in [-0.15, -0.1) is 13.2 Å². The van der Waals surface area contributed by atoms with E-state index in [9.17, 15) is 0 Å². The Kier molecular flexibility index (Phi) is 14.8. The first-order valence-electron chi connectivity index (χ1n) is 2.82. The van der Waals surface area contributed by atoms with Crippen molar-refractivity contribution >= 4 is 0 Å². The van der Waals surface area contributed by atoms with E-state index in [1.807, 2.05) is 12.2 Å². The SMILES string of the molecule is C=CCNCC=C.[O-][Cl+2]([O-])O. The number of hydrogen-bond donors (Lipinski definition) is 2. The third-order valence-electron chi connectivity index (χ3n) is 0.577. The molecular weight excluding hydrogens is 170 g/mol. The van der Waals surface area contributed by atoms with Crippen LogP contribution in [0.25, 0.3) is 0 Å². The van der Waals surface area contributed by atoms with Gasteiger partial charge in [-0.1, -0.05) is 12.2 Å². The van der Waals surface area contributed by atoms with E-state index in [4.69, 9.17) is 14.0 Å². The number of rotatable bonds is 4. The van der Waals surface area contributed by atoms with Crippen LogP contribution in [0.4, 0.5) is 0 Å². The van der Waals surface area contributed by atoms with Crippen molar-refractivity contribution in [3.05, 3.63) is 25.3 Å². The van der Waals surface area contributed by atoms with Crippen LogP contribution in [0.2, 0.25) is 0 Å². The Bertz CT molecular complexity index is 87.1. The van der Waals surface area contributed by atoms with Gasteiger partial charge in [0.05, 0.1) is 0 Å². The molecule has 0 aromatic carbocycles. The van der Waals surface area contributed by atoms with Gasteiger partial charge in [0.25, 0.3) is 10.8 Å². The van der Waals surface area contributed by atoms with Crippen molar-refractivity contribution in [2.24, 2.45) is 0 Å². The maximum absolute atomic E-state index is 8.52. The molecular formula is C6H12ClNO3. The Balaban J connectivity index is 0. The lowest BCUT2D eigenvalue weighted by Crippen LogP contribution is -2.30. The molecule has 0 saturated carbocycles. The molecule has 2 N–H and O–H groups in total. The van der Waals surface area contributed by atoms with E-state index in [1.165, 1.54) is 0 Å². The summed E-state index contributed by atoms with van der Waals surface area (Å²) in [6, 6.07) is 0. The summed E-state index contributed by atoms with van der Waals surface area (Å²) in [4.78, 5) is 0. The highest BCUT2D eigenvalue weighted by Crippen LogP contribution is 1.59. The predicted octanol–water partition coefficient (Wildman–Crippen LogP) is -1.99. The minimum atomic E-state index is -2.60. The molecule has 11 heavy (non-hydrogen) atoms. The number of nitrogens with one attached hydrogen (secondary N) is 1. The van der Waals surface area contributed by atoms with E-state index in [2.05, 4.69) is 18.5 Å². The van der Waals surface area contributed by atoms with Crippen molar-refractivity contribution in [2.75, 3.05) is 13.1 Å². The van der Waals surface area contributed by atoms with Gasteiger partial charge < -0.3 is 14.6 Å². The molecule has 0 bridgehead atoms. The zero-order chi connectivity index (χ0) is 9.11. The quantitative estimate of drug-likeness (QED) is 0.389. The average Bonchev–Trinajstić information content (AvgIpc) is 1.88. The summed E-state index contributed by atoms with van der Waals surface area (Å²) >= 11 is 0. The first kappa shape index (κ1) is 13.2. The van der Waals surface area contributed by atoms with Gasteiger partial charge in [-0.25, -0.2) is 0 Å². The van der Waals surface area contributed by atoms with Gasteiger partial charge in [0, 0.05) is 17.7 Å². The Morgan fingerprint density at radius 3 is 1.73 bits per heavy atom. The number of halogens is 1. The Morgan fingerprint density at radius 1 is 1.27 bits per heavy atom. The first-order valence-corrected chi connectivity index (χ1v) is 3.77. The van der Waals surface area contributed by atoms with Gasteiger partial charge in [-0.05, 0) is 0 Å². The summed E-state index contributed by atoms with van der Waals surface area (Å²) in [5, 5.41) is 3.05. The van der Waals surface area contributed by atoms with Crippen LogP contribution < -0.4 is 14.6 Å². The molecule has 0 fully saturated rings. The molecule has 0 heterocycles. The molecule has 0 radical (unpaired) electrons. The van der Waals surface area contributed by atoms with Gasteiger partial charge in [-0.3, -0.25) is 0 Å². The maximum atomic E-state index is 8.52. The van der Waals surface area contributed by atoms with Crippen LogP contribution in [-0.4, -0.2) is 17.7 Å². The monoisotopic (exact) mass is 181 g/mol. The number of hydrogen-bond acceptors (Lipinski definition) is 4. The summed E-state index contributed by atoms with van der Waals surface area (Å²) < 4.78 is 24.0. The zero-order valence-corrected chi connectivity index (χ0v) is 6.88. The fraction of sp³-hybridized carbons (Fsp3) is 0.333. The highest BCUT2D eigenvalue weighted by molar-refractivity contribution is 4.75. The van der Waals surface area contributed by atoms with Crippen LogP contribution in [0, 0.1) is 10.8 Å². The lowest BCUT2D eigenvalue weighted by molar-refractivity contribution is -1.63. The molecule has 0 amide bonds. The van der Waals surface area contributed by atoms with Gasteiger partial charge >= 0.3 is 0 Å². The molecule has 66 valence electrons. The van der Waals surface area contributed by atoms with Crippen LogP contribution >= 0.6 is 0 Å². The average molecular weight is 182 g/mol. The molecule has 0 spiro atoms. The van der Waals surface area contributed by atoms with E-state index >= 15 is 0 Å². The van der Waals surface area contributed by atoms with Crippen LogP contribution in [0.1, 0.15) is 0 Å². The van der Waals surface area contributed by atoms with Crippen LogP contribution in [0.5, 0.6) is 0 Å². The van der Waals surface area contributed by atoms with Crippen molar-refractivity contribution in [2.45, 2.75) is 0 Å². The van der Waals surface area contributed by atoms with Crippen molar-refractivity contribution in [3.8, 4) is 0 Å². The van der Waals surface area contributed by atoms with E-state index in [1.54, 1.807) is 0 Å². The molecule has 0 aromatic rings. The topological polar surface area (TPSA) is 78.4 Å². The zero-order valence-electron chi connectivity index (χ0n) is 6.12. The second-order valence-electron chi connectivity index (χ2n) is 1.44. The van der Waals surface area contributed by atoms with E-state index in [-0.39, 0.29) is 0 Å². The predicted molar refractivity (Wildman–Crippen MR) is 35.5 cm³/mol. The van der Waals surface area contributed by atoms with E-state index in [0.717, 1.165) is 13.1 Å². The first-order chi connectivity index (χ1) is 5.15. The van der Waals surface area contributed by atoms with Crippen molar-refractivity contribution < 1.29 is 24.8 Å². The smallest absolute Gasteiger partial charge is 0.282 e. The molecule has 0 unspecified atom stereocenters. The summed E-state index contributed by atoms with van der Waals surface area (Å²) in [7, 11) is -2.60. The molecule has 0 aliphatic rings. The molecule has 0 aliphatic heterocycles. The van der Waals surface area contributed by atoms with Gasteiger partial charge in [-0.2, -0.15) is 0 Å². The molecule has 4 nitrogen and oxygen atoms in total. The summed E-state index contributed by atoms with van der Waals surface area (Å²) in [6.07, 6.45) is 3.65. The van der Waals surface area contributed by atoms with Crippen LogP contribution in [-0.2, 0) is 0 Å². The minimum absolute atomic E-state index is 0.867. The lowest BCUT2D eigenvalue weighted by Gasteiger charge is -1.90. The maximum Gasteiger partial charge on any atom is 0.282 e. The van der Waals surface area contributed by atoms with Gasteiger partial charge in [0.15, 0.2) is 0 Å². The van der Waals surface area contributed by atoms with E-state index < -0.39 is 10.8 Å².